The lowest BCUT2D eigenvalue weighted by molar-refractivity contribution is 0.628. The molecule has 2 nitrogen and oxygen atoms in total. The summed E-state index contributed by atoms with van der Waals surface area (Å²) < 4.78 is 12.8. The van der Waals surface area contributed by atoms with Crippen molar-refractivity contribution in [1.82, 2.24) is 9.97 Å². The average molecular weight is 243 g/mol. The Balaban J connectivity index is 2.54. The predicted molar refractivity (Wildman–Crippen MR) is 57.4 cm³/mol. The fraction of sp³-hybridized carbons (Fsp3) is 0. The van der Waals surface area contributed by atoms with Crippen LogP contribution in [0.15, 0.2) is 30.6 Å². The van der Waals surface area contributed by atoms with Gasteiger partial charge in [0.1, 0.15) is 17.3 Å². The van der Waals surface area contributed by atoms with Crippen molar-refractivity contribution in [2.24, 2.45) is 0 Å². The van der Waals surface area contributed by atoms with Crippen LogP contribution in [0.2, 0.25) is 10.2 Å². The van der Waals surface area contributed by atoms with E-state index in [0.717, 1.165) is 0 Å². The van der Waals surface area contributed by atoms with Gasteiger partial charge in [0, 0.05) is 11.6 Å². The minimum absolute atomic E-state index is 0.296. The van der Waals surface area contributed by atoms with Crippen LogP contribution in [0.4, 0.5) is 4.39 Å². The maximum Gasteiger partial charge on any atom is 0.133 e. The van der Waals surface area contributed by atoms with Crippen molar-refractivity contribution >= 4 is 23.2 Å². The highest BCUT2D eigenvalue weighted by molar-refractivity contribution is 6.33. The van der Waals surface area contributed by atoms with E-state index in [-0.39, 0.29) is 5.82 Å². The predicted octanol–water partition coefficient (Wildman–Crippen LogP) is 3.59. The molecular formula is C10H5Cl2FN2. The molecule has 0 saturated heterocycles. The van der Waals surface area contributed by atoms with Crippen molar-refractivity contribution in [3.63, 3.8) is 0 Å². The largest absolute Gasteiger partial charge is 0.236 e. The van der Waals surface area contributed by atoms with Crippen molar-refractivity contribution in [3.8, 4) is 11.3 Å². The molecule has 1 aromatic heterocycles. The van der Waals surface area contributed by atoms with Gasteiger partial charge in [-0.05, 0) is 18.2 Å². The Labute approximate surface area is 95.7 Å². The zero-order valence-corrected chi connectivity index (χ0v) is 8.93. The second kappa shape index (κ2) is 4.13. The van der Waals surface area contributed by atoms with Crippen molar-refractivity contribution in [1.29, 1.82) is 0 Å². The lowest BCUT2D eigenvalue weighted by Crippen LogP contribution is -1.87. The van der Waals surface area contributed by atoms with Crippen molar-refractivity contribution < 1.29 is 4.39 Å². The number of hydrogen-bond acceptors (Lipinski definition) is 2. The summed E-state index contributed by atoms with van der Waals surface area (Å²) in [5, 5.41) is 0.616. The Morgan fingerprint density at radius 1 is 1.07 bits per heavy atom. The molecule has 1 aromatic carbocycles. The summed E-state index contributed by atoms with van der Waals surface area (Å²) in [6.07, 6.45) is 1.33. The number of halogens is 3. The molecule has 15 heavy (non-hydrogen) atoms. The Morgan fingerprint density at radius 3 is 2.53 bits per heavy atom. The van der Waals surface area contributed by atoms with E-state index in [4.69, 9.17) is 23.2 Å². The Hall–Kier alpha value is -1.19. The van der Waals surface area contributed by atoms with Crippen molar-refractivity contribution in [2.75, 3.05) is 0 Å². The van der Waals surface area contributed by atoms with Crippen LogP contribution in [0, 0.1) is 5.82 Å². The molecule has 0 bridgehead atoms. The molecule has 0 N–H and O–H groups in total. The first kappa shape index (κ1) is 10.3. The van der Waals surface area contributed by atoms with Crippen molar-refractivity contribution in [3.05, 3.63) is 46.6 Å². The van der Waals surface area contributed by atoms with Gasteiger partial charge in [-0.3, -0.25) is 0 Å². The molecular weight excluding hydrogens is 238 g/mol. The number of hydrogen-bond donors (Lipinski definition) is 0. The Morgan fingerprint density at radius 2 is 1.87 bits per heavy atom. The van der Waals surface area contributed by atoms with Gasteiger partial charge in [-0.25, -0.2) is 14.4 Å². The highest BCUT2D eigenvalue weighted by atomic mass is 35.5. The number of rotatable bonds is 1. The molecule has 0 saturated carbocycles. The molecule has 76 valence electrons. The fourth-order valence-electron chi connectivity index (χ4n) is 1.18. The quantitative estimate of drug-likeness (QED) is 0.715. The van der Waals surface area contributed by atoms with Crippen LogP contribution in [-0.2, 0) is 0 Å². The molecule has 0 spiro atoms. The summed E-state index contributed by atoms with van der Waals surface area (Å²) in [4.78, 5) is 7.75. The normalized spacial score (nSPS) is 10.3. The maximum atomic E-state index is 12.8. The number of aromatic nitrogens is 2. The highest BCUT2D eigenvalue weighted by Gasteiger charge is 2.06. The van der Waals surface area contributed by atoms with E-state index in [9.17, 15) is 4.39 Å². The lowest BCUT2D eigenvalue weighted by atomic mass is 10.1. The second-order valence-electron chi connectivity index (χ2n) is 2.85. The number of benzene rings is 1. The molecule has 5 heteroatoms. The molecule has 1 heterocycles. The van der Waals surface area contributed by atoms with E-state index < -0.39 is 0 Å². The molecule has 0 fully saturated rings. The maximum absolute atomic E-state index is 12.8. The van der Waals surface area contributed by atoms with Gasteiger partial charge < -0.3 is 0 Å². The molecule has 0 atom stereocenters. The smallest absolute Gasteiger partial charge is 0.133 e. The first-order chi connectivity index (χ1) is 7.16. The van der Waals surface area contributed by atoms with Crippen LogP contribution in [-0.4, -0.2) is 9.97 Å². The van der Waals surface area contributed by atoms with Gasteiger partial charge in [0.15, 0.2) is 0 Å². The molecule has 0 aliphatic heterocycles. The van der Waals surface area contributed by atoms with Crippen LogP contribution in [0.1, 0.15) is 0 Å². The van der Waals surface area contributed by atoms with Gasteiger partial charge in [-0.15, -0.1) is 0 Å². The van der Waals surface area contributed by atoms with Crippen LogP contribution in [0.5, 0.6) is 0 Å². The molecule has 0 amide bonds. The summed E-state index contributed by atoms with van der Waals surface area (Å²) in [6.45, 7) is 0. The average Bonchev–Trinajstić information content (AvgIpc) is 2.17. The van der Waals surface area contributed by atoms with Crippen LogP contribution in [0.25, 0.3) is 11.3 Å². The molecule has 2 aromatic rings. The van der Waals surface area contributed by atoms with E-state index in [1.807, 2.05) is 0 Å². The van der Waals surface area contributed by atoms with Crippen LogP contribution >= 0.6 is 23.2 Å². The summed E-state index contributed by atoms with van der Waals surface area (Å²) in [5.41, 5.74) is 1.20. The third kappa shape index (κ3) is 2.25. The first-order valence-corrected chi connectivity index (χ1v) is 4.85. The topological polar surface area (TPSA) is 25.8 Å². The van der Waals surface area contributed by atoms with Gasteiger partial charge >= 0.3 is 0 Å². The van der Waals surface area contributed by atoms with Gasteiger partial charge in [-0.2, -0.15) is 0 Å². The summed E-state index contributed by atoms with van der Waals surface area (Å²) >= 11 is 11.6. The highest BCUT2D eigenvalue weighted by Crippen LogP contribution is 2.27. The fourth-order valence-corrected chi connectivity index (χ4v) is 1.59. The minimum atomic E-state index is -0.385. The van der Waals surface area contributed by atoms with E-state index >= 15 is 0 Å². The van der Waals surface area contributed by atoms with E-state index in [1.54, 1.807) is 12.1 Å². The van der Waals surface area contributed by atoms with Gasteiger partial charge in [0.05, 0.1) is 10.7 Å². The summed E-state index contributed by atoms with van der Waals surface area (Å²) in [6, 6.07) is 5.67. The molecule has 0 aliphatic carbocycles. The SMILES string of the molecule is Fc1ccc(-c2cc(Cl)ncn2)c(Cl)c1. The molecule has 0 unspecified atom stereocenters. The monoisotopic (exact) mass is 242 g/mol. The number of nitrogens with zero attached hydrogens (tertiary/aromatic N) is 2. The zero-order chi connectivity index (χ0) is 10.8. The van der Waals surface area contributed by atoms with E-state index in [0.29, 0.717) is 21.4 Å². The van der Waals surface area contributed by atoms with Crippen LogP contribution in [0.3, 0.4) is 0 Å². The Kier molecular flexibility index (Phi) is 2.84. The molecule has 0 aliphatic rings. The minimum Gasteiger partial charge on any atom is -0.236 e. The van der Waals surface area contributed by atoms with Gasteiger partial charge in [0.25, 0.3) is 0 Å². The zero-order valence-electron chi connectivity index (χ0n) is 7.42. The standard InChI is InChI=1S/C10H5Cl2FN2/c11-8-3-6(13)1-2-7(8)9-4-10(12)15-5-14-9/h1-5H. The van der Waals surface area contributed by atoms with Crippen LogP contribution < -0.4 is 0 Å². The molecule has 2 rings (SSSR count). The Bertz CT molecular complexity index is 503. The van der Waals surface area contributed by atoms with Gasteiger partial charge in [-0.1, -0.05) is 23.2 Å². The van der Waals surface area contributed by atoms with Crippen molar-refractivity contribution in [2.45, 2.75) is 0 Å². The third-order valence-corrected chi connectivity index (χ3v) is 2.36. The van der Waals surface area contributed by atoms with E-state index in [2.05, 4.69) is 9.97 Å². The first-order valence-electron chi connectivity index (χ1n) is 4.10. The van der Waals surface area contributed by atoms with Gasteiger partial charge in [0.2, 0.25) is 0 Å². The lowest BCUT2D eigenvalue weighted by Gasteiger charge is -2.03. The van der Waals surface area contributed by atoms with E-state index in [1.165, 1.54) is 18.5 Å². The molecule has 0 radical (unpaired) electrons. The second-order valence-corrected chi connectivity index (χ2v) is 3.64. The summed E-state index contributed by atoms with van der Waals surface area (Å²) in [7, 11) is 0. The summed E-state index contributed by atoms with van der Waals surface area (Å²) in [5.74, 6) is -0.385. The third-order valence-electron chi connectivity index (χ3n) is 1.84.